The van der Waals surface area contributed by atoms with E-state index < -0.39 is 0 Å². The zero-order valence-electron chi connectivity index (χ0n) is 15.7. The van der Waals surface area contributed by atoms with Gasteiger partial charge in [-0.05, 0) is 19.3 Å². The molecule has 7 nitrogen and oxygen atoms in total. The van der Waals surface area contributed by atoms with Gasteiger partial charge in [-0.3, -0.25) is 0 Å². The fraction of sp³-hybridized carbons (Fsp3) is 0.667. The first kappa shape index (κ1) is 17.9. The Morgan fingerprint density at radius 2 is 2.24 bits per heavy atom. The Morgan fingerprint density at radius 3 is 2.92 bits per heavy atom. The lowest BCUT2D eigenvalue weighted by atomic mass is 9.93. The monoisotopic (exact) mass is 347 g/mol. The highest BCUT2D eigenvalue weighted by atomic mass is 16.5. The molecular formula is C18H29N5O2. The summed E-state index contributed by atoms with van der Waals surface area (Å²) in [7, 11) is 5.65. The van der Waals surface area contributed by atoms with Crippen LogP contribution in [0.2, 0.25) is 0 Å². The molecule has 0 unspecified atom stereocenters. The number of imidazole rings is 1. The maximum Gasteiger partial charge on any atom is 0.216 e. The Bertz CT molecular complexity index is 694. The number of aryl methyl sites for hydroxylation is 3. The zero-order valence-corrected chi connectivity index (χ0v) is 15.7. The molecule has 2 aromatic heterocycles. The maximum absolute atomic E-state index is 6.05. The zero-order chi connectivity index (χ0) is 17.8. The summed E-state index contributed by atoms with van der Waals surface area (Å²) < 4.78 is 15.4. The first-order valence-corrected chi connectivity index (χ1v) is 9.04. The third-order valence-corrected chi connectivity index (χ3v) is 4.97. The Hall–Kier alpha value is -1.86. The molecule has 25 heavy (non-hydrogen) atoms. The van der Waals surface area contributed by atoms with Crippen LogP contribution in [-0.4, -0.2) is 39.6 Å². The van der Waals surface area contributed by atoms with Crippen molar-refractivity contribution in [2.45, 2.75) is 38.8 Å². The number of aromatic nitrogens is 4. The first-order chi connectivity index (χ1) is 12.2. The van der Waals surface area contributed by atoms with Crippen molar-refractivity contribution >= 4 is 0 Å². The molecule has 1 fully saturated rings. The average molecular weight is 347 g/mol. The fourth-order valence-corrected chi connectivity index (χ4v) is 3.69. The Balaban J connectivity index is 1.66. The van der Waals surface area contributed by atoms with Gasteiger partial charge in [0.25, 0.3) is 0 Å². The van der Waals surface area contributed by atoms with Crippen LogP contribution in [0.3, 0.4) is 0 Å². The van der Waals surface area contributed by atoms with Gasteiger partial charge in [0.15, 0.2) is 0 Å². The quantitative estimate of drug-likeness (QED) is 0.830. The van der Waals surface area contributed by atoms with Crippen molar-refractivity contribution in [2.24, 2.45) is 20.0 Å². The van der Waals surface area contributed by atoms with Crippen LogP contribution < -0.4 is 10.1 Å². The van der Waals surface area contributed by atoms with E-state index in [4.69, 9.17) is 9.47 Å². The predicted octanol–water partition coefficient (Wildman–Crippen LogP) is 1.98. The Labute approximate surface area is 149 Å². The van der Waals surface area contributed by atoms with E-state index in [1.165, 1.54) is 0 Å². The highest BCUT2D eigenvalue weighted by Gasteiger charge is 2.30. The second-order valence-corrected chi connectivity index (χ2v) is 6.63. The largest absolute Gasteiger partial charge is 0.481 e. The van der Waals surface area contributed by atoms with Crippen LogP contribution in [-0.2, 0) is 31.8 Å². The molecule has 2 atom stereocenters. The van der Waals surface area contributed by atoms with E-state index in [1.54, 1.807) is 7.11 Å². The molecule has 0 amide bonds. The van der Waals surface area contributed by atoms with Crippen LogP contribution in [0.25, 0.3) is 0 Å². The lowest BCUT2D eigenvalue weighted by molar-refractivity contribution is -0.0344. The summed E-state index contributed by atoms with van der Waals surface area (Å²) >= 11 is 0. The van der Waals surface area contributed by atoms with E-state index in [2.05, 4.69) is 26.9 Å². The van der Waals surface area contributed by atoms with Crippen molar-refractivity contribution in [1.29, 1.82) is 0 Å². The second kappa shape index (κ2) is 8.01. The van der Waals surface area contributed by atoms with Crippen LogP contribution >= 0.6 is 0 Å². The van der Waals surface area contributed by atoms with Gasteiger partial charge in [0.1, 0.15) is 11.9 Å². The van der Waals surface area contributed by atoms with Crippen LogP contribution in [0, 0.1) is 5.92 Å². The van der Waals surface area contributed by atoms with Gasteiger partial charge in [-0.15, -0.1) is 0 Å². The van der Waals surface area contributed by atoms with Crippen molar-refractivity contribution in [1.82, 2.24) is 24.6 Å². The summed E-state index contributed by atoms with van der Waals surface area (Å²) in [5.74, 6) is 2.27. The molecule has 0 aromatic carbocycles. The normalized spacial score (nSPS) is 20.8. The minimum atomic E-state index is 0.0580. The number of hydrogen-bond donors (Lipinski definition) is 1. The van der Waals surface area contributed by atoms with Gasteiger partial charge in [-0.25, -0.2) is 9.67 Å². The van der Waals surface area contributed by atoms with Crippen molar-refractivity contribution in [3.63, 3.8) is 0 Å². The van der Waals surface area contributed by atoms with Crippen LogP contribution in [0.4, 0.5) is 0 Å². The highest BCUT2D eigenvalue weighted by Crippen LogP contribution is 2.32. The molecule has 1 saturated heterocycles. The van der Waals surface area contributed by atoms with Crippen molar-refractivity contribution in [2.75, 3.05) is 20.3 Å². The van der Waals surface area contributed by atoms with Gasteiger partial charge in [0.05, 0.1) is 18.4 Å². The Kier molecular flexibility index (Phi) is 5.75. The summed E-state index contributed by atoms with van der Waals surface area (Å²) in [6, 6.07) is 0. The number of nitrogens with zero attached hydrogens (tertiary/aromatic N) is 4. The number of ether oxygens (including phenoxy) is 2. The van der Waals surface area contributed by atoms with Crippen molar-refractivity contribution < 1.29 is 9.47 Å². The molecule has 0 spiro atoms. The SMILES string of the molecule is CCc1nn(C)c(OC)c1CNC[C@@H]1CCCO[C@H]1c1nccn1C. The third kappa shape index (κ3) is 3.72. The topological polar surface area (TPSA) is 66.1 Å². The van der Waals surface area contributed by atoms with Gasteiger partial charge in [0, 0.05) is 52.1 Å². The van der Waals surface area contributed by atoms with E-state index in [9.17, 15) is 0 Å². The van der Waals surface area contributed by atoms with E-state index in [0.717, 1.165) is 61.9 Å². The minimum absolute atomic E-state index is 0.0580. The van der Waals surface area contributed by atoms with Gasteiger partial charge >= 0.3 is 0 Å². The number of nitrogens with one attached hydrogen (secondary N) is 1. The molecule has 0 radical (unpaired) electrons. The lowest BCUT2D eigenvalue weighted by Gasteiger charge is -2.31. The molecule has 1 aliphatic heterocycles. The Morgan fingerprint density at radius 1 is 1.40 bits per heavy atom. The predicted molar refractivity (Wildman–Crippen MR) is 95.5 cm³/mol. The highest BCUT2D eigenvalue weighted by molar-refractivity contribution is 5.31. The second-order valence-electron chi connectivity index (χ2n) is 6.63. The van der Waals surface area contributed by atoms with E-state index in [-0.39, 0.29) is 6.10 Å². The fourth-order valence-electron chi connectivity index (χ4n) is 3.69. The van der Waals surface area contributed by atoms with Gasteiger partial charge in [-0.1, -0.05) is 6.92 Å². The van der Waals surface area contributed by atoms with Crippen LogP contribution in [0.5, 0.6) is 5.88 Å². The van der Waals surface area contributed by atoms with Crippen LogP contribution in [0.15, 0.2) is 12.4 Å². The maximum atomic E-state index is 6.05. The molecule has 2 aromatic rings. The molecule has 138 valence electrons. The third-order valence-electron chi connectivity index (χ3n) is 4.97. The molecule has 3 rings (SSSR count). The van der Waals surface area contributed by atoms with Crippen molar-refractivity contribution in [3.8, 4) is 5.88 Å². The molecule has 0 saturated carbocycles. The minimum Gasteiger partial charge on any atom is -0.481 e. The standard InChI is InChI=1S/C18H29N5O2/c1-5-15-14(18(24-4)23(3)21-15)12-19-11-13-7-6-10-25-16(13)17-20-8-9-22(17)2/h8-9,13,16,19H,5-7,10-12H2,1-4H3/t13-,16+/m0/s1. The lowest BCUT2D eigenvalue weighted by Crippen LogP contribution is -2.33. The first-order valence-electron chi connectivity index (χ1n) is 9.04. The summed E-state index contributed by atoms with van der Waals surface area (Å²) in [6.07, 6.45) is 7.02. The summed E-state index contributed by atoms with van der Waals surface area (Å²) in [5.41, 5.74) is 2.24. The smallest absolute Gasteiger partial charge is 0.216 e. The van der Waals surface area contributed by atoms with Gasteiger partial charge in [-0.2, -0.15) is 5.10 Å². The number of hydrogen-bond acceptors (Lipinski definition) is 5. The molecule has 7 heteroatoms. The molecule has 1 N–H and O–H groups in total. The molecular weight excluding hydrogens is 318 g/mol. The summed E-state index contributed by atoms with van der Waals surface area (Å²) in [4.78, 5) is 4.49. The molecule has 0 bridgehead atoms. The van der Waals surface area contributed by atoms with E-state index in [0.29, 0.717) is 5.92 Å². The summed E-state index contributed by atoms with van der Waals surface area (Å²) in [5, 5.41) is 8.14. The van der Waals surface area contributed by atoms with Crippen molar-refractivity contribution in [3.05, 3.63) is 29.5 Å². The number of methoxy groups -OCH3 is 1. The van der Waals surface area contributed by atoms with Gasteiger partial charge < -0.3 is 19.4 Å². The average Bonchev–Trinajstić information content (AvgIpc) is 3.18. The number of rotatable bonds is 7. The molecule has 0 aliphatic carbocycles. The van der Waals surface area contributed by atoms with Gasteiger partial charge in [0.2, 0.25) is 5.88 Å². The molecule has 3 heterocycles. The van der Waals surface area contributed by atoms with E-state index in [1.807, 2.05) is 31.2 Å². The van der Waals surface area contributed by atoms with E-state index >= 15 is 0 Å². The molecule has 1 aliphatic rings. The van der Waals surface area contributed by atoms with Crippen LogP contribution in [0.1, 0.15) is 43.0 Å². The summed E-state index contributed by atoms with van der Waals surface area (Å²) in [6.45, 7) is 4.57.